The third-order valence-electron chi connectivity index (χ3n) is 2.23. The van der Waals surface area contributed by atoms with Gasteiger partial charge in [0.25, 0.3) is 0 Å². The van der Waals surface area contributed by atoms with Crippen LogP contribution in [0.25, 0.3) is 0 Å². The second-order valence-electron chi connectivity index (χ2n) is 3.68. The fourth-order valence-corrected chi connectivity index (χ4v) is 2.46. The van der Waals surface area contributed by atoms with Crippen LogP contribution in [-0.2, 0) is 6.54 Å². The minimum Gasteiger partial charge on any atom is -0.295 e. The van der Waals surface area contributed by atoms with E-state index in [0.29, 0.717) is 12.5 Å². The van der Waals surface area contributed by atoms with E-state index in [4.69, 9.17) is 16.9 Å². The Hall–Kier alpha value is -0.560. The van der Waals surface area contributed by atoms with Crippen molar-refractivity contribution in [1.29, 1.82) is 5.26 Å². The van der Waals surface area contributed by atoms with Crippen LogP contribution in [0.4, 0.5) is 0 Å². The molecule has 1 heterocycles. The van der Waals surface area contributed by atoms with Crippen LogP contribution in [0.15, 0.2) is 12.1 Å². The summed E-state index contributed by atoms with van der Waals surface area (Å²) in [5.74, 6) is 0. The van der Waals surface area contributed by atoms with Gasteiger partial charge in [-0.3, -0.25) is 4.90 Å². The minimum atomic E-state index is 0.458. The van der Waals surface area contributed by atoms with Crippen LogP contribution in [0.1, 0.15) is 25.1 Å². The van der Waals surface area contributed by atoms with Gasteiger partial charge in [0.05, 0.1) is 10.4 Å². The number of thiophene rings is 1. The summed E-state index contributed by atoms with van der Waals surface area (Å²) in [7, 11) is 0. The molecule has 82 valence electrons. The summed E-state index contributed by atoms with van der Waals surface area (Å²) < 4.78 is 0.828. The first-order chi connectivity index (χ1) is 7.13. The molecule has 0 amide bonds. The number of nitrogens with zero attached hydrogens (tertiary/aromatic N) is 2. The second kappa shape index (κ2) is 6.12. The Bertz CT molecular complexity index is 341. The molecule has 15 heavy (non-hydrogen) atoms. The Balaban J connectivity index is 2.55. The fraction of sp³-hybridized carbons (Fsp3) is 0.545. The highest BCUT2D eigenvalue weighted by molar-refractivity contribution is 7.16. The molecule has 0 fully saturated rings. The molecule has 0 bridgehead atoms. The van der Waals surface area contributed by atoms with E-state index in [2.05, 4.69) is 30.9 Å². The van der Waals surface area contributed by atoms with Crippen LogP contribution in [0.3, 0.4) is 0 Å². The van der Waals surface area contributed by atoms with Crippen LogP contribution < -0.4 is 0 Å². The summed E-state index contributed by atoms with van der Waals surface area (Å²) in [4.78, 5) is 3.54. The van der Waals surface area contributed by atoms with Gasteiger partial charge in [0.1, 0.15) is 0 Å². The van der Waals surface area contributed by atoms with E-state index in [0.717, 1.165) is 17.4 Å². The average molecular weight is 243 g/mol. The standard InChI is InChI=1S/C11H15ClN2S/c1-9(2)14(7-3-6-13)8-10-4-5-11(12)15-10/h4-5,9H,3,7-8H2,1-2H3. The van der Waals surface area contributed by atoms with Crippen molar-refractivity contribution in [1.82, 2.24) is 4.90 Å². The highest BCUT2D eigenvalue weighted by Crippen LogP contribution is 2.23. The number of hydrogen-bond donors (Lipinski definition) is 0. The van der Waals surface area contributed by atoms with Crippen LogP contribution in [-0.4, -0.2) is 17.5 Å². The lowest BCUT2D eigenvalue weighted by molar-refractivity contribution is 0.220. The number of halogens is 1. The highest BCUT2D eigenvalue weighted by Gasteiger charge is 2.10. The normalized spacial score (nSPS) is 10.9. The molecule has 1 aromatic heterocycles. The molecule has 0 saturated carbocycles. The lowest BCUT2D eigenvalue weighted by Crippen LogP contribution is -2.30. The minimum absolute atomic E-state index is 0.458. The number of hydrogen-bond acceptors (Lipinski definition) is 3. The first-order valence-corrected chi connectivity index (χ1v) is 6.18. The molecule has 0 N–H and O–H groups in total. The predicted molar refractivity (Wildman–Crippen MR) is 65.1 cm³/mol. The van der Waals surface area contributed by atoms with Crippen molar-refractivity contribution >= 4 is 22.9 Å². The quantitative estimate of drug-likeness (QED) is 0.790. The third-order valence-corrected chi connectivity index (χ3v) is 3.44. The van der Waals surface area contributed by atoms with E-state index < -0.39 is 0 Å². The smallest absolute Gasteiger partial charge is 0.0931 e. The fourth-order valence-electron chi connectivity index (χ4n) is 1.35. The largest absolute Gasteiger partial charge is 0.295 e. The van der Waals surface area contributed by atoms with E-state index >= 15 is 0 Å². The van der Waals surface area contributed by atoms with E-state index in [9.17, 15) is 0 Å². The highest BCUT2D eigenvalue weighted by atomic mass is 35.5. The lowest BCUT2D eigenvalue weighted by atomic mass is 10.2. The zero-order valence-corrected chi connectivity index (χ0v) is 10.6. The molecule has 0 saturated heterocycles. The Morgan fingerprint density at radius 1 is 1.53 bits per heavy atom. The molecule has 0 atom stereocenters. The maximum atomic E-state index is 8.57. The van der Waals surface area contributed by atoms with Gasteiger partial charge < -0.3 is 0 Å². The molecule has 0 aliphatic heterocycles. The van der Waals surface area contributed by atoms with Gasteiger partial charge in [0, 0.05) is 30.4 Å². The van der Waals surface area contributed by atoms with Gasteiger partial charge in [-0.05, 0) is 26.0 Å². The molecule has 0 spiro atoms. The van der Waals surface area contributed by atoms with Crippen LogP contribution >= 0.6 is 22.9 Å². The third kappa shape index (κ3) is 4.21. The van der Waals surface area contributed by atoms with Crippen LogP contribution in [0.2, 0.25) is 4.34 Å². The van der Waals surface area contributed by atoms with Crippen molar-refractivity contribution < 1.29 is 0 Å². The van der Waals surface area contributed by atoms with Crippen molar-refractivity contribution in [3.63, 3.8) is 0 Å². The topological polar surface area (TPSA) is 27.0 Å². The van der Waals surface area contributed by atoms with E-state index in [1.165, 1.54) is 4.88 Å². The first-order valence-electron chi connectivity index (χ1n) is 4.98. The summed E-state index contributed by atoms with van der Waals surface area (Å²) in [6, 6.07) is 6.61. The SMILES string of the molecule is CC(C)N(CCC#N)Cc1ccc(Cl)s1. The summed E-state index contributed by atoms with van der Waals surface area (Å²) in [6.07, 6.45) is 0.581. The van der Waals surface area contributed by atoms with Gasteiger partial charge >= 0.3 is 0 Å². The Morgan fingerprint density at radius 2 is 2.27 bits per heavy atom. The average Bonchev–Trinajstić information content (AvgIpc) is 2.58. The molecular formula is C11H15ClN2S. The predicted octanol–water partition coefficient (Wildman–Crippen LogP) is 3.53. The molecule has 0 aliphatic rings. The van der Waals surface area contributed by atoms with Gasteiger partial charge in [-0.1, -0.05) is 11.6 Å². The van der Waals surface area contributed by atoms with Gasteiger partial charge in [-0.25, -0.2) is 0 Å². The van der Waals surface area contributed by atoms with Gasteiger partial charge in [0.15, 0.2) is 0 Å². The maximum Gasteiger partial charge on any atom is 0.0931 e. The van der Waals surface area contributed by atoms with Gasteiger partial charge in [-0.15, -0.1) is 11.3 Å². The number of rotatable bonds is 5. The van der Waals surface area contributed by atoms with Crippen molar-refractivity contribution in [2.75, 3.05) is 6.54 Å². The molecule has 0 unspecified atom stereocenters. The zero-order valence-electron chi connectivity index (χ0n) is 9.03. The zero-order chi connectivity index (χ0) is 11.3. The summed E-state index contributed by atoms with van der Waals surface area (Å²) in [5.41, 5.74) is 0. The Morgan fingerprint density at radius 3 is 2.73 bits per heavy atom. The molecule has 0 aliphatic carbocycles. The van der Waals surface area contributed by atoms with Gasteiger partial charge in [-0.2, -0.15) is 5.26 Å². The molecule has 4 heteroatoms. The molecule has 0 radical (unpaired) electrons. The molecule has 1 aromatic rings. The summed E-state index contributed by atoms with van der Waals surface area (Å²) in [5, 5.41) is 8.57. The second-order valence-corrected chi connectivity index (χ2v) is 5.48. The maximum absolute atomic E-state index is 8.57. The number of nitriles is 1. The van der Waals surface area contributed by atoms with Crippen molar-refractivity contribution in [2.45, 2.75) is 32.9 Å². The molecule has 0 aromatic carbocycles. The summed E-state index contributed by atoms with van der Waals surface area (Å²) in [6.45, 7) is 6.00. The Kier molecular flexibility index (Phi) is 5.10. The van der Waals surface area contributed by atoms with E-state index in [-0.39, 0.29) is 0 Å². The van der Waals surface area contributed by atoms with E-state index in [1.807, 2.05) is 6.07 Å². The first kappa shape index (κ1) is 12.5. The molecule has 2 nitrogen and oxygen atoms in total. The summed E-state index contributed by atoms with van der Waals surface area (Å²) >= 11 is 7.48. The monoisotopic (exact) mass is 242 g/mol. The Labute approximate surface area is 100 Å². The molecule has 1 rings (SSSR count). The van der Waals surface area contributed by atoms with Crippen molar-refractivity contribution in [2.24, 2.45) is 0 Å². The van der Waals surface area contributed by atoms with Crippen LogP contribution in [0, 0.1) is 11.3 Å². The van der Waals surface area contributed by atoms with E-state index in [1.54, 1.807) is 11.3 Å². The molecular weight excluding hydrogens is 228 g/mol. The van der Waals surface area contributed by atoms with Crippen LogP contribution in [0.5, 0.6) is 0 Å². The van der Waals surface area contributed by atoms with Gasteiger partial charge in [0.2, 0.25) is 0 Å². The van der Waals surface area contributed by atoms with Crippen molar-refractivity contribution in [3.8, 4) is 6.07 Å². The lowest BCUT2D eigenvalue weighted by Gasteiger charge is -2.24. The van der Waals surface area contributed by atoms with Crippen molar-refractivity contribution in [3.05, 3.63) is 21.3 Å².